The van der Waals surface area contributed by atoms with E-state index in [0.717, 1.165) is 10.1 Å². The predicted octanol–water partition coefficient (Wildman–Crippen LogP) is -1.26. The number of nitrogens with one attached hydrogen (secondary N) is 1. The number of hydrogen-bond acceptors (Lipinski definition) is 6. The maximum absolute atomic E-state index is 12.1. The van der Waals surface area contributed by atoms with E-state index in [4.69, 9.17) is 9.84 Å². The lowest BCUT2D eigenvalue weighted by Gasteiger charge is -2.18. The van der Waals surface area contributed by atoms with Crippen LogP contribution in [0.25, 0.3) is 0 Å². The summed E-state index contributed by atoms with van der Waals surface area (Å²) in [6, 6.07) is 9.23. The fourth-order valence-corrected chi connectivity index (χ4v) is 2.77. The van der Waals surface area contributed by atoms with Gasteiger partial charge in [-0.25, -0.2) is 4.79 Å². The molecule has 1 fully saturated rings. The number of hydrogen-bond donors (Lipinski definition) is 4. The second kappa shape index (κ2) is 6.70. The number of aliphatic hydroxyl groups excluding tert-OH is 3. The van der Waals surface area contributed by atoms with Crippen molar-refractivity contribution in [1.82, 2.24) is 9.55 Å². The average molecular weight is 334 g/mol. The number of benzene rings is 1. The van der Waals surface area contributed by atoms with Gasteiger partial charge in [-0.1, -0.05) is 30.3 Å². The van der Waals surface area contributed by atoms with Crippen LogP contribution in [0.2, 0.25) is 0 Å². The van der Waals surface area contributed by atoms with Crippen LogP contribution in [0.3, 0.4) is 0 Å². The third kappa shape index (κ3) is 3.04. The van der Waals surface area contributed by atoms with Crippen LogP contribution in [-0.2, 0) is 11.2 Å². The third-order valence-electron chi connectivity index (χ3n) is 4.07. The van der Waals surface area contributed by atoms with Crippen LogP contribution in [0.1, 0.15) is 17.4 Å². The summed E-state index contributed by atoms with van der Waals surface area (Å²) < 4.78 is 6.37. The first-order valence-corrected chi connectivity index (χ1v) is 7.52. The molecular weight excluding hydrogens is 316 g/mol. The minimum atomic E-state index is -1.39. The van der Waals surface area contributed by atoms with Crippen LogP contribution in [0, 0.1) is 0 Å². The molecule has 0 radical (unpaired) electrons. The zero-order valence-corrected chi connectivity index (χ0v) is 12.7. The summed E-state index contributed by atoms with van der Waals surface area (Å²) >= 11 is 0. The van der Waals surface area contributed by atoms with Crippen molar-refractivity contribution in [3.63, 3.8) is 0 Å². The van der Waals surface area contributed by atoms with E-state index in [0.29, 0.717) is 12.0 Å². The normalized spacial score (nSPS) is 26.6. The first kappa shape index (κ1) is 16.6. The van der Waals surface area contributed by atoms with Gasteiger partial charge in [0.2, 0.25) is 0 Å². The lowest BCUT2D eigenvalue weighted by Crippen LogP contribution is -2.39. The Morgan fingerprint density at radius 2 is 1.83 bits per heavy atom. The van der Waals surface area contributed by atoms with Crippen LogP contribution < -0.4 is 11.2 Å². The van der Waals surface area contributed by atoms with Gasteiger partial charge in [-0.3, -0.25) is 14.3 Å². The molecule has 4 N–H and O–H groups in total. The Kier molecular flexibility index (Phi) is 4.63. The number of aromatic nitrogens is 2. The molecule has 128 valence electrons. The van der Waals surface area contributed by atoms with Crippen molar-refractivity contribution in [3.8, 4) is 0 Å². The molecule has 2 heterocycles. The van der Waals surface area contributed by atoms with Crippen molar-refractivity contribution in [2.45, 2.75) is 31.0 Å². The molecule has 1 aliphatic heterocycles. The Morgan fingerprint density at radius 1 is 1.12 bits per heavy atom. The van der Waals surface area contributed by atoms with Gasteiger partial charge in [-0.15, -0.1) is 0 Å². The van der Waals surface area contributed by atoms with E-state index in [9.17, 15) is 19.8 Å². The quantitative estimate of drug-likeness (QED) is 0.553. The first-order valence-electron chi connectivity index (χ1n) is 7.52. The molecule has 1 aromatic carbocycles. The highest BCUT2D eigenvalue weighted by molar-refractivity contribution is 5.22. The van der Waals surface area contributed by atoms with E-state index in [2.05, 4.69) is 4.98 Å². The molecule has 24 heavy (non-hydrogen) atoms. The van der Waals surface area contributed by atoms with Gasteiger partial charge in [0.25, 0.3) is 5.56 Å². The van der Waals surface area contributed by atoms with Gasteiger partial charge in [0.05, 0.1) is 6.61 Å². The van der Waals surface area contributed by atoms with Crippen LogP contribution in [0.15, 0.2) is 46.1 Å². The van der Waals surface area contributed by atoms with Gasteiger partial charge < -0.3 is 20.1 Å². The lowest BCUT2D eigenvalue weighted by atomic mass is 10.1. The van der Waals surface area contributed by atoms with E-state index in [1.54, 1.807) is 0 Å². The van der Waals surface area contributed by atoms with Crippen molar-refractivity contribution in [2.75, 3.05) is 6.61 Å². The Morgan fingerprint density at radius 3 is 2.46 bits per heavy atom. The van der Waals surface area contributed by atoms with E-state index >= 15 is 0 Å². The molecule has 0 aliphatic carbocycles. The Hall–Kier alpha value is -2.26. The van der Waals surface area contributed by atoms with Crippen LogP contribution in [0.5, 0.6) is 0 Å². The molecule has 8 nitrogen and oxygen atoms in total. The van der Waals surface area contributed by atoms with Crippen molar-refractivity contribution >= 4 is 0 Å². The van der Waals surface area contributed by atoms with Crippen LogP contribution in [-0.4, -0.2) is 49.8 Å². The number of aliphatic hydroxyl groups is 3. The first-order chi connectivity index (χ1) is 11.5. The third-order valence-corrected chi connectivity index (χ3v) is 4.07. The summed E-state index contributed by atoms with van der Waals surface area (Å²) in [5.41, 5.74) is -0.0774. The molecule has 0 bridgehead atoms. The number of nitrogens with zero attached hydrogens (tertiary/aromatic N) is 1. The largest absolute Gasteiger partial charge is 0.394 e. The fraction of sp³-hybridized carbons (Fsp3) is 0.375. The molecule has 1 saturated heterocycles. The Labute approximate surface area is 136 Å². The fourth-order valence-electron chi connectivity index (χ4n) is 2.77. The Balaban J connectivity index is 1.96. The molecule has 4 atom stereocenters. The summed E-state index contributed by atoms with van der Waals surface area (Å²) in [6.07, 6.45) is -3.29. The molecule has 3 rings (SSSR count). The maximum Gasteiger partial charge on any atom is 0.330 e. The molecule has 0 saturated carbocycles. The molecule has 1 aliphatic rings. The smallest absolute Gasteiger partial charge is 0.330 e. The zero-order valence-electron chi connectivity index (χ0n) is 12.7. The summed E-state index contributed by atoms with van der Waals surface area (Å²) in [4.78, 5) is 26.3. The van der Waals surface area contributed by atoms with E-state index in [-0.39, 0.29) is 0 Å². The highest BCUT2D eigenvalue weighted by Gasteiger charge is 2.43. The topological polar surface area (TPSA) is 125 Å². The monoisotopic (exact) mass is 334 g/mol. The SMILES string of the molecule is O=c1[nH]c(=O)n([C@@H]2O[C@H](CO)[C@H](O)[C@H]2O)cc1Cc1ccccc1. The molecule has 1 aromatic heterocycles. The van der Waals surface area contributed by atoms with Crippen molar-refractivity contribution in [3.05, 3.63) is 68.5 Å². The van der Waals surface area contributed by atoms with E-state index in [1.807, 2.05) is 30.3 Å². The number of H-pyrrole nitrogens is 1. The number of ether oxygens (including phenoxy) is 1. The molecule has 8 heteroatoms. The average Bonchev–Trinajstić information content (AvgIpc) is 2.86. The van der Waals surface area contributed by atoms with E-state index < -0.39 is 42.4 Å². The number of rotatable bonds is 4. The minimum Gasteiger partial charge on any atom is -0.394 e. The highest BCUT2D eigenvalue weighted by atomic mass is 16.6. The summed E-state index contributed by atoms with van der Waals surface area (Å²) in [5, 5.41) is 29.0. The highest BCUT2D eigenvalue weighted by Crippen LogP contribution is 2.28. The van der Waals surface area contributed by atoms with Crippen LogP contribution in [0.4, 0.5) is 0 Å². The minimum absolute atomic E-state index is 0.297. The second-order valence-corrected chi connectivity index (χ2v) is 5.71. The molecule has 0 spiro atoms. The predicted molar refractivity (Wildman–Crippen MR) is 83.6 cm³/mol. The van der Waals surface area contributed by atoms with E-state index in [1.165, 1.54) is 6.20 Å². The molecule has 0 unspecified atom stereocenters. The van der Waals surface area contributed by atoms with Gasteiger partial charge in [0, 0.05) is 18.2 Å². The van der Waals surface area contributed by atoms with Crippen molar-refractivity contribution < 1.29 is 20.1 Å². The summed E-state index contributed by atoms with van der Waals surface area (Å²) in [7, 11) is 0. The zero-order chi connectivity index (χ0) is 17.3. The van der Waals surface area contributed by atoms with Gasteiger partial charge >= 0.3 is 5.69 Å². The maximum atomic E-state index is 12.1. The molecular formula is C16H18N2O6. The lowest BCUT2D eigenvalue weighted by molar-refractivity contribution is -0.0551. The van der Waals surface area contributed by atoms with Crippen LogP contribution >= 0.6 is 0 Å². The number of aromatic amines is 1. The molecule has 0 amide bonds. The second-order valence-electron chi connectivity index (χ2n) is 5.71. The summed E-state index contributed by atoms with van der Waals surface area (Å²) in [6.45, 7) is -0.496. The molecule has 2 aromatic rings. The van der Waals surface area contributed by atoms with Gasteiger partial charge in [0.15, 0.2) is 6.23 Å². The van der Waals surface area contributed by atoms with Gasteiger partial charge in [-0.05, 0) is 5.56 Å². The van der Waals surface area contributed by atoms with Gasteiger partial charge in [-0.2, -0.15) is 0 Å². The van der Waals surface area contributed by atoms with Crippen molar-refractivity contribution in [1.29, 1.82) is 0 Å². The summed E-state index contributed by atoms with van der Waals surface area (Å²) in [5.74, 6) is 0. The van der Waals surface area contributed by atoms with Crippen molar-refractivity contribution in [2.24, 2.45) is 0 Å². The Bertz CT molecular complexity index is 815. The standard InChI is InChI=1S/C16H18N2O6/c19-8-11-12(20)13(21)15(24-11)18-7-10(14(22)17-16(18)23)6-9-4-2-1-3-5-9/h1-5,7,11-13,15,19-21H,6,8H2,(H,17,22,23)/t11-,12+,13-,15-/m1/s1. The van der Waals surface area contributed by atoms with Gasteiger partial charge in [0.1, 0.15) is 18.3 Å².